The van der Waals surface area contributed by atoms with Crippen molar-refractivity contribution in [3.63, 3.8) is 0 Å². The van der Waals surface area contributed by atoms with Gasteiger partial charge in [0.15, 0.2) is 0 Å². The van der Waals surface area contributed by atoms with Crippen LogP contribution < -0.4 is 0 Å². The minimum atomic E-state index is -0.948. The third-order valence-electron chi connectivity index (χ3n) is 3.07. The number of carbonyl (C=O) groups is 2. The van der Waals surface area contributed by atoms with E-state index in [4.69, 9.17) is 15.1 Å². The average molecular weight is 274 g/mol. The first kappa shape index (κ1) is 14.0. The van der Waals surface area contributed by atoms with Crippen molar-refractivity contribution in [3.8, 4) is 6.07 Å². The Morgan fingerprint density at radius 3 is 3.00 bits per heavy atom. The molecule has 1 N–H and O–H groups in total. The van der Waals surface area contributed by atoms with Crippen LogP contribution in [-0.2, 0) is 9.53 Å². The second-order valence-electron chi connectivity index (χ2n) is 4.53. The van der Waals surface area contributed by atoms with E-state index in [-0.39, 0.29) is 18.9 Å². The summed E-state index contributed by atoms with van der Waals surface area (Å²) in [6.45, 7) is 0.995. The summed E-state index contributed by atoms with van der Waals surface area (Å²) < 4.78 is 5.32. The van der Waals surface area contributed by atoms with Crippen molar-refractivity contribution in [2.24, 2.45) is 0 Å². The monoisotopic (exact) mass is 274 g/mol. The first-order chi connectivity index (χ1) is 9.60. The molecule has 1 atom stereocenters. The number of ether oxygens (including phenoxy) is 1. The molecule has 1 aromatic carbocycles. The molecule has 1 fully saturated rings. The lowest BCUT2D eigenvalue weighted by molar-refractivity contribution is -0.141. The number of aliphatic carboxylic acids is 1. The molecule has 1 heterocycles. The molecule has 1 saturated heterocycles. The second-order valence-corrected chi connectivity index (χ2v) is 4.53. The van der Waals surface area contributed by atoms with Crippen molar-refractivity contribution in [1.82, 2.24) is 4.90 Å². The summed E-state index contributed by atoms with van der Waals surface area (Å²) in [6.07, 6.45) is -0.605. The Morgan fingerprint density at radius 2 is 2.30 bits per heavy atom. The molecule has 2 rings (SSSR count). The Morgan fingerprint density at radius 1 is 1.50 bits per heavy atom. The minimum Gasteiger partial charge on any atom is -0.481 e. The van der Waals surface area contributed by atoms with Crippen LogP contribution in [0.1, 0.15) is 22.3 Å². The highest BCUT2D eigenvalue weighted by molar-refractivity contribution is 5.94. The zero-order valence-corrected chi connectivity index (χ0v) is 10.8. The molecule has 0 bridgehead atoms. The molecule has 6 nitrogen and oxygen atoms in total. The van der Waals surface area contributed by atoms with Crippen LogP contribution in [0, 0.1) is 11.3 Å². The van der Waals surface area contributed by atoms with E-state index in [1.807, 2.05) is 6.07 Å². The van der Waals surface area contributed by atoms with E-state index in [0.29, 0.717) is 24.3 Å². The lowest BCUT2D eigenvalue weighted by Crippen LogP contribution is -2.46. The Bertz CT molecular complexity index is 565. The molecule has 1 aliphatic heterocycles. The summed E-state index contributed by atoms with van der Waals surface area (Å²) >= 11 is 0. The van der Waals surface area contributed by atoms with Crippen molar-refractivity contribution in [3.05, 3.63) is 35.4 Å². The van der Waals surface area contributed by atoms with Gasteiger partial charge in [-0.05, 0) is 18.2 Å². The summed E-state index contributed by atoms with van der Waals surface area (Å²) in [7, 11) is 0. The number of amides is 1. The third kappa shape index (κ3) is 3.33. The largest absolute Gasteiger partial charge is 0.481 e. The van der Waals surface area contributed by atoms with Crippen molar-refractivity contribution in [1.29, 1.82) is 5.26 Å². The number of carbonyl (C=O) groups excluding carboxylic acids is 1. The van der Waals surface area contributed by atoms with Crippen LogP contribution in [-0.4, -0.2) is 47.7 Å². The SMILES string of the molecule is N#Cc1cccc(C(=O)N2CCOC(CC(=O)O)C2)c1. The molecule has 1 amide bonds. The third-order valence-corrected chi connectivity index (χ3v) is 3.07. The Labute approximate surface area is 116 Å². The molecular weight excluding hydrogens is 260 g/mol. The smallest absolute Gasteiger partial charge is 0.306 e. The molecule has 0 spiro atoms. The van der Waals surface area contributed by atoms with Crippen molar-refractivity contribution in [2.45, 2.75) is 12.5 Å². The normalized spacial score (nSPS) is 18.4. The van der Waals surface area contributed by atoms with Gasteiger partial charge in [0.25, 0.3) is 5.91 Å². The van der Waals surface area contributed by atoms with Crippen LogP contribution in [0.25, 0.3) is 0 Å². The zero-order chi connectivity index (χ0) is 14.5. The van der Waals surface area contributed by atoms with E-state index < -0.39 is 12.1 Å². The first-order valence-electron chi connectivity index (χ1n) is 6.23. The molecular formula is C14H14N2O4. The summed E-state index contributed by atoms with van der Waals surface area (Å²) in [5.41, 5.74) is 0.853. The van der Waals surface area contributed by atoms with Gasteiger partial charge in [0.05, 0.1) is 30.8 Å². The van der Waals surface area contributed by atoms with Gasteiger partial charge in [-0.15, -0.1) is 0 Å². The maximum absolute atomic E-state index is 12.3. The van der Waals surface area contributed by atoms with Gasteiger partial charge < -0.3 is 14.7 Å². The van der Waals surface area contributed by atoms with E-state index in [1.165, 1.54) is 6.07 Å². The van der Waals surface area contributed by atoms with Crippen LogP contribution in [0.15, 0.2) is 24.3 Å². The topological polar surface area (TPSA) is 90.6 Å². The zero-order valence-electron chi connectivity index (χ0n) is 10.8. The number of rotatable bonds is 3. The van der Waals surface area contributed by atoms with Crippen molar-refractivity contribution < 1.29 is 19.4 Å². The molecule has 1 aromatic rings. The summed E-state index contributed by atoms with van der Waals surface area (Å²) in [4.78, 5) is 24.6. The number of morpholine rings is 1. The van der Waals surface area contributed by atoms with E-state index in [1.54, 1.807) is 23.1 Å². The second kappa shape index (κ2) is 6.17. The fourth-order valence-corrected chi connectivity index (χ4v) is 2.13. The first-order valence-corrected chi connectivity index (χ1v) is 6.23. The molecule has 1 aliphatic rings. The lowest BCUT2D eigenvalue weighted by atomic mass is 10.1. The van der Waals surface area contributed by atoms with Gasteiger partial charge in [-0.1, -0.05) is 6.07 Å². The highest BCUT2D eigenvalue weighted by Crippen LogP contribution is 2.13. The Hall–Kier alpha value is -2.39. The summed E-state index contributed by atoms with van der Waals surface area (Å²) in [5, 5.41) is 17.6. The van der Waals surface area contributed by atoms with Gasteiger partial charge >= 0.3 is 5.97 Å². The molecule has 0 aliphatic carbocycles. The fourth-order valence-electron chi connectivity index (χ4n) is 2.13. The number of carboxylic acids is 1. The lowest BCUT2D eigenvalue weighted by Gasteiger charge is -2.32. The Balaban J connectivity index is 2.08. The summed E-state index contributed by atoms with van der Waals surface area (Å²) in [6, 6.07) is 8.44. The van der Waals surface area contributed by atoms with Crippen LogP contribution in [0.4, 0.5) is 0 Å². The quantitative estimate of drug-likeness (QED) is 0.883. The standard InChI is InChI=1S/C14H14N2O4/c15-8-10-2-1-3-11(6-10)14(19)16-4-5-20-12(9-16)7-13(17)18/h1-3,6,12H,4-5,7,9H2,(H,17,18). The molecule has 20 heavy (non-hydrogen) atoms. The number of hydrogen-bond donors (Lipinski definition) is 1. The molecule has 0 aromatic heterocycles. The summed E-state index contributed by atoms with van der Waals surface area (Å²) in [5.74, 6) is -1.16. The number of benzene rings is 1. The van der Waals surface area contributed by atoms with Gasteiger partial charge in [0.1, 0.15) is 0 Å². The van der Waals surface area contributed by atoms with Gasteiger partial charge in [-0.25, -0.2) is 0 Å². The van der Waals surface area contributed by atoms with E-state index in [9.17, 15) is 9.59 Å². The van der Waals surface area contributed by atoms with Crippen molar-refractivity contribution in [2.75, 3.05) is 19.7 Å². The number of carboxylic acid groups (broad SMARTS) is 1. The predicted octanol–water partition coefficient (Wildman–Crippen LogP) is 0.874. The van der Waals surface area contributed by atoms with Crippen LogP contribution in [0.3, 0.4) is 0 Å². The van der Waals surface area contributed by atoms with E-state index in [0.717, 1.165) is 0 Å². The number of nitriles is 1. The van der Waals surface area contributed by atoms with Crippen molar-refractivity contribution >= 4 is 11.9 Å². The van der Waals surface area contributed by atoms with Crippen LogP contribution in [0.2, 0.25) is 0 Å². The molecule has 6 heteroatoms. The molecule has 1 unspecified atom stereocenters. The minimum absolute atomic E-state index is 0.123. The van der Waals surface area contributed by atoms with Gasteiger partial charge in [0.2, 0.25) is 0 Å². The van der Waals surface area contributed by atoms with Crippen LogP contribution >= 0.6 is 0 Å². The van der Waals surface area contributed by atoms with Gasteiger partial charge in [-0.3, -0.25) is 9.59 Å². The highest BCUT2D eigenvalue weighted by atomic mass is 16.5. The maximum atomic E-state index is 12.3. The average Bonchev–Trinajstić information content (AvgIpc) is 2.46. The molecule has 0 radical (unpaired) electrons. The molecule has 104 valence electrons. The maximum Gasteiger partial charge on any atom is 0.306 e. The van der Waals surface area contributed by atoms with E-state index in [2.05, 4.69) is 0 Å². The Kier molecular flexibility index (Phi) is 4.33. The highest BCUT2D eigenvalue weighted by Gasteiger charge is 2.26. The van der Waals surface area contributed by atoms with E-state index >= 15 is 0 Å². The van der Waals surface area contributed by atoms with Crippen LogP contribution in [0.5, 0.6) is 0 Å². The number of nitrogens with zero attached hydrogens (tertiary/aromatic N) is 2. The fraction of sp³-hybridized carbons (Fsp3) is 0.357. The predicted molar refractivity (Wildman–Crippen MR) is 69.1 cm³/mol. The van der Waals surface area contributed by atoms with Gasteiger partial charge in [0, 0.05) is 18.7 Å². The van der Waals surface area contributed by atoms with Gasteiger partial charge in [-0.2, -0.15) is 5.26 Å². The number of hydrogen-bond acceptors (Lipinski definition) is 4. The molecule has 0 saturated carbocycles.